The van der Waals surface area contributed by atoms with Crippen molar-refractivity contribution in [1.82, 2.24) is 14.7 Å². The molecule has 0 spiro atoms. The first-order chi connectivity index (χ1) is 17.4. The van der Waals surface area contributed by atoms with Gasteiger partial charge >= 0.3 is 5.97 Å². The van der Waals surface area contributed by atoms with Crippen molar-refractivity contribution in [3.05, 3.63) is 106 Å². The summed E-state index contributed by atoms with van der Waals surface area (Å²) < 4.78 is 12.4. The third-order valence-electron chi connectivity index (χ3n) is 6.17. The van der Waals surface area contributed by atoms with Gasteiger partial charge in [0.1, 0.15) is 12.4 Å². The number of nitrogens with zero attached hydrogens (tertiary/aromatic N) is 3. The van der Waals surface area contributed by atoms with Gasteiger partial charge in [0.05, 0.1) is 18.4 Å². The van der Waals surface area contributed by atoms with E-state index in [0.717, 1.165) is 27.9 Å². The Hall–Kier alpha value is -4.10. The number of ether oxygens (including phenoxy) is 2. The van der Waals surface area contributed by atoms with Gasteiger partial charge in [0.25, 0.3) is 5.91 Å². The summed E-state index contributed by atoms with van der Waals surface area (Å²) >= 11 is 6.25. The van der Waals surface area contributed by atoms with Crippen LogP contribution in [0.2, 0.25) is 5.02 Å². The maximum Gasteiger partial charge on any atom is 0.337 e. The number of rotatable bonds is 6. The maximum absolute atomic E-state index is 13.9. The Kier molecular flexibility index (Phi) is 6.48. The summed E-state index contributed by atoms with van der Waals surface area (Å²) in [6.07, 6.45) is 0. The number of methoxy groups -OCH3 is 1. The van der Waals surface area contributed by atoms with E-state index in [9.17, 15) is 9.59 Å². The number of fused-ring (bicyclic) bond motifs is 3. The topological polar surface area (TPSA) is 73.7 Å². The van der Waals surface area contributed by atoms with Crippen molar-refractivity contribution in [2.75, 3.05) is 7.11 Å². The minimum absolute atomic E-state index is 0.207. The van der Waals surface area contributed by atoms with Crippen LogP contribution in [0.5, 0.6) is 5.75 Å². The molecule has 0 saturated heterocycles. The number of aromatic nitrogens is 2. The SMILES string of the molecule is COC(=O)c1ccc(CN(Cc2ccccc2)C(=O)c2nn(C)c3c2COc2ccc(Cl)cc2-3)cc1. The number of carbonyl (C=O) groups is 2. The molecule has 182 valence electrons. The number of hydrogen-bond donors (Lipinski definition) is 0. The number of hydrogen-bond acceptors (Lipinski definition) is 5. The van der Waals surface area contributed by atoms with E-state index >= 15 is 0 Å². The van der Waals surface area contributed by atoms with Crippen molar-refractivity contribution in [2.24, 2.45) is 7.05 Å². The molecular weight excluding hydrogens is 478 g/mol. The van der Waals surface area contributed by atoms with Crippen LogP contribution >= 0.6 is 11.6 Å². The summed E-state index contributed by atoms with van der Waals surface area (Å²) in [7, 11) is 3.17. The van der Waals surface area contributed by atoms with Gasteiger partial charge in [-0.1, -0.05) is 54.1 Å². The van der Waals surface area contributed by atoms with Gasteiger partial charge in [0.15, 0.2) is 5.69 Å². The zero-order chi connectivity index (χ0) is 25.2. The van der Waals surface area contributed by atoms with Crippen molar-refractivity contribution >= 4 is 23.5 Å². The lowest BCUT2D eigenvalue weighted by molar-refractivity contribution is 0.0600. The van der Waals surface area contributed by atoms with Crippen molar-refractivity contribution in [2.45, 2.75) is 19.7 Å². The minimum atomic E-state index is -0.403. The van der Waals surface area contributed by atoms with Gasteiger partial charge in [0.2, 0.25) is 0 Å². The fourth-order valence-electron chi connectivity index (χ4n) is 4.41. The summed E-state index contributed by atoms with van der Waals surface area (Å²) in [5, 5.41) is 5.20. The molecule has 0 fully saturated rings. The molecule has 0 N–H and O–H groups in total. The molecule has 0 atom stereocenters. The van der Waals surface area contributed by atoms with Gasteiger partial charge in [-0.2, -0.15) is 5.10 Å². The standard InChI is InChI=1S/C28H24ClN3O4/c1-31-26-22-14-21(29)12-13-24(22)36-17-23(26)25(30-31)27(33)32(15-18-6-4-3-5-7-18)16-19-8-10-20(11-9-19)28(34)35-2/h3-14H,15-17H2,1-2H3. The molecule has 1 amide bonds. The van der Waals surface area contributed by atoms with Crippen molar-refractivity contribution < 1.29 is 19.1 Å². The Labute approximate surface area is 213 Å². The summed E-state index contributed by atoms with van der Waals surface area (Å²) in [6, 6.07) is 22.3. The summed E-state index contributed by atoms with van der Waals surface area (Å²) in [6.45, 7) is 0.975. The average Bonchev–Trinajstić information content (AvgIpc) is 3.25. The fourth-order valence-corrected chi connectivity index (χ4v) is 4.59. The van der Waals surface area contributed by atoms with Crippen LogP contribution in [-0.2, 0) is 31.5 Å². The number of halogens is 1. The van der Waals surface area contributed by atoms with Crippen LogP contribution in [0.3, 0.4) is 0 Å². The molecule has 2 heterocycles. The van der Waals surface area contributed by atoms with Crippen LogP contribution in [0.25, 0.3) is 11.3 Å². The summed E-state index contributed by atoms with van der Waals surface area (Å²) in [4.78, 5) is 27.5. The number of amides is 1. The largest absolute Gasteiger partial charge is 0.488 e. The first-order valence-corrected chi connectivity index (χ1v) is 11.8. The first-order valence-electron chi connectivity index (χ1n) is 11.4. The second-order valence-electron chi connectivity index (χ2n) is 8.56. The van der Waals surface area contributed by atoms with Crippen LogP contribution in [-0.4, -0.2) is 33.7 Å². The smallest absolute Gasteiger partial charge is 0.337 e. The normalized spacial score (nSPS) is 11.8. The van der Waals surface area contributed by atoms with E-state index in [-0.39, 0.29) is 12.5 Å². The maximum atomic E-state index is 13.9. The molecule has 0 saturated carbocycles. The van der Waals surface area contributed by atoms with Gasteiger partial charge in [-0.05, 0) is 41.5 Å². The van der Waals surface area contributed by atoms with E-state index < -0.39 is 5.97 Å². The van der Waals surface area contributed by atoms with Crippen molar-refractivity contribution in [3.63, 3.8) is 0 Å². The van der Waals surface area contributed by atoms with Crippen LogP contribution in [0.15, 0.2) is 72.8 Å². The zero-order valence-corrected chi connectivity index (χ0v) is 20.7. The van der Waals surface area contributed by atoms with E-state index in [0.29, 0.717) is 35.1 Å². The second-order valence-corrected chi connectivity index (χ2v) is 9.00. The lowest BCUT2D eigenvalue weighted by Crippen LogP contribution is -2.31. The van der Waals surface area contributed by atoms with Crippen molar-refractivity contribution in [3.8, 4) is 17.0 Å². The average molecular weight is 502 g/mol. The summed E-state index contributed by atoms with van der Waals surface area (Å²) in [5.41, 5.74) is 5.04. The summed E-state index contributed by atoms with van der Waals surface area (Å²) in [5.74, 6) is 0.0989. The Morgan fingerprint density at radius 2 is 1.72 bits per heavy atom. The molecule has 0 radical (unpaired) electrons. The Balaban J connectivity index is 1.50. The number of esters is 1. The highest BCUT2D eigenvalue weighted by Crippen LogP contribution is 2.40. The molecule has 1 aliphatic heterocycles. The fraction of sp³-hybridized carbons (Fsp3) is 0.179. The minimum Gasteiger partial charge on any atom is -0.488 e. The molecule has 0 bridgehead atoms. The highest BCUT2D eigenvalue weighted by Gasteiger charge is 2.31. The van der Waals surface area contributed by atoms with E-state index in [1.165, 1.54) is 7.11 Å². The van der Waals surface area contributed by atoms with Gasteiger partial charge in [-0.3, -0.25) is 9.48 Å². The van der Waals surface area contributed by atoms with Crippen molar-refractivity contribution in [1.29, 1.82) is 0 Å². The van der Waals surface area contributed by atoms with E-state index in [4.69, 9.17) is 21.1 Å². The van der Waals surface area contributed by atoms with Crippen LogP contribution < -0.4 is 4.74 Å². The predicted octanol–water partition coefficient (Wildman–Crippen LogP) is 5.26. The van der Waals surface area contributed by atoms with Gasteiger partial charge in [0, 0.05) is 36.3 Å². The van der Waals surface area contributed by atoms with Crippen LogP contribution in [0.1, 0.15) is 37.5 Å². The van der Waals surface area contributed by atoms with E-state index in [2.05, 4.69) is 5.10 Å². The number of aryl methyl sites for hydroxylation is 1. The number of carbonyl (C=O) groups excluding carboxylic acids is 2. The van der Waals surface area contributed by atoms with Gasteiger partial charge < -0.3 is 14.4 Å². The van der Waals surface area contributed by atoms with Crippen LogP contribution in [0.4, 0.5) is 0 Å². The quantitative estimate of drug-likeness (QED) is 0.337. The third-order valence-corrected chi connectivity index (χ3v) is 6.40. The zero-order valence-electron chi connectivity index (χ0n) is 19.9. The molecule has 1 aliphatic rings. The third kappa shape index (κ3) is 4.57. The van der Waals surface area contributed by atoms with Gasteiger partial charge in [-0.25, -0.2) is 4.79 Å². The predicted molar refractivity (Wildman–Crippen MR) is 136 cm³/mol. The molecular formula is C28H24ClN3O4. The number of benzene rings is 3. The Bertz CT molecular complexity index is 1430. The highest BCUT2D eigenvalue weighted by molar-refractivity contribution is 6.31. The monoisotopic (exact) mass is 501 g/mol. The highest BCUT2D eigenvalue weighted by atomic mass is 35.5. The molecule has 3 aromatic carbocycles. The molecule has 0 aliphatic carbocycles. The van der Waals surface area contributed by atoms with E-state index in [1.54, 1.807) is 27.8 Å². The second kappa shape index (κ2) is 9.87. The molecule has 8 heteroatoms. The first kappa shape index (κ1) is 23.6. The Morgan fingerprint density at radius 1 is 1.03 bits per heavy atom. The lowest BCUT2D eigenvalue weighted by atomic mass is 10.0. The van der Waals surface area contributed by atoms with E-state index in [1.807, 2.05) is 61.6 Å². The molecule has 0 unspecified atom stereocenters. The molecule has 7 nitrogen and oxygen atoms in total. The van der Waals surface area contributed by atoms with Crippen LogP contribution in [0, 0.1) is 0 Å². The molecule has 4 aromatic rings. The lowest BCUT2D eigenvalue weighted by Gasteiger charge is -2.24. The van der Waals surface area contributed by atoms with Gasteiger partial charge in [-0.15, -0.1) is 0 Å². The molecule has 1 aromatic heterocycles. The molecule has 36 heavy (non-hydrogen) atoms. The molecule has 5 rings (SSSR count). The Morgan fingerprint density at radius 3 is 2.42 bits per heavy atom.